The van der Waals surface area contributed by atoms with Crippen molar-refractivity contribution >= 4 is 17.4 Å². The summed E-state index contributed by atoms with van der Waals surface area (Å²) in [7, 11) is 0. The first-order valence-corrected chi connectivity index (χ1v) is 11.1. The number of ether oxygens (including phenoxy) is 2. The van der Waals surface area contributed by atoms with Crippen LogP contribution in [-0.2, 0) is 9.59 Å². The topological polar surface area (TPSA) is 89.0 Å². The van der Waals surface area contributed by atoms with Gasteiger partial charge in [0.2, 0.25) is 0 Å². The van der Waals surface area contributed by atoms with E-state index in [4.69, 9.17) is 9.47 Å². The number of nitrogens with zero attached hydrogens (tertiary/aromatic N) is 2. The number of carbonyl (C=O) groups is 2. The van der Waals surface area contributed by atoms with Crippen molar-refractivity contribution in [2.45, 2.75) is 46.1 Å². The molecule has 1 aromatic heterocycles. The average Bonchev–Trinajstić information content (AvgIpc) is 3.05. The predicted octanol–water partition coefficient (Wildman–Crippen LogP) is 4.49. The summed E-state index contributed by atoms with van der Waals surface area (Å²) in [4.78, 5) is 31.7. The highest BCUT2D eigenvalue weighted by Gasteiger charge is 2.46. The molecule has 170 valence electrons. The van der Waals surface area contributed by atoms with E-state index in [2.05, 4.69) is 11.9 Å². The van der Waals surface area contributed by atoms with E-state index in [0.29, 0.717) is 42.4 Å². The summed E-state index contributed by atoms with van der Waals surface area (Å²) in [5.41, 5.74) is 1.06. The summed E-state index contributed by atoms with van der Waals surface area (Å²) in [6.07, 6.45) is 5.96. The minimum atomic E-state index is -0.707. The minimum absolute atomic E-state index is 0.0459. The van der Waals surface area contributed by atoms with Crippen LogP contribution in [0.5, 0.6) is 11.5 Å². The highest BCUT2D eigenvalue weighted by molar-refractivity contribution is 6.46. The number of likely N-dealkylation sites (tertiary alicyclic amines) is 1. The summed E-state index contributed by atoms with van der Waals surface area (Å²) in [5, 5.41) is 11.3. The molecule has 7 nitrogen and oxygen atoms in total. The van der Waals surface area contributed by atoms with Gasteiger partial charge >= 0.3 is 0 Å². The van der Waals surface area contributed by atoms with Crippen LogP contribution in [0.4, 0.5) is 0 Å². The van der Waals surface area contributed by atoms with Gasteiger partial charge < -0.3 is 19.5 Å². The number of rotatable bonds is 10. The summed E-state index contributed by atoms with van der Waals surface area (Å²) < 4.78 is 11.3. The second kappa shape index (κ2) is 10.8. The van der Waals surface area contributed by atoms with Crippen LogP contribution in [-0.4, -0.2) is 46.4 Å². The molecule has 1 aliphatic heterocycles. The van der Waals surface area contributed by atoms with Gasteiger partial charge in [0.25, 0.3) is 11.7 Å². The van der Waals surface area contributed by atoms with E-state index < -0.39 is 17.7 Å². The molecule has 1 N–H and O–H groups in total. The molecular weight excluding hydrogens is 408 g/mol. The molecule has 2 heterocycles. The number of ketones is 1. The molecular formula is C25H30N2O5. The molecule has 3 rings (SSSR count). The summed E-state index contributed by atoms with van der Waals surface area (Å²) in [5.74, 6) is -0.597. The maximum absolute atomic E-state index is 13.1. The molecule has 1 amide bonds. The molecule has 1 aromatic carbocycles. The van der Waals surface area contributed by atoms with Crippen molar-refractivity contribution in [2.75, 3.05) is 19.8 Å². The van der Waals surface area contributed by atoms with Crippen molar-refractivity contribution in [2.24, 2.45) is 0 Å². The van der Waals surface area contributed by atoms with Gasteiger partial charge in [-0.15, -0.1) is 0 Å². The molecule has 0 aliphatic carbocycles. The standard InChI is InChI=1S/C25H30N2O5/c1-4-7-8-14-27-22(17-10-9-13-26-16-17)21(24(29)25(27)30)23(28)19-12-11-18(31-5-2)15-20(19)32-6-3/h9-13,15-16,22,28H,4-8,14H2,1-3H3/b23-21-. The smallest absolute Gasteiger partial charge is 0.295 e. The van der Waals surface area contributed by atoms with Crippen LogP contribution < -0.4 is 9.47 Å². The molecule has 1 atom stereocenters. The van der Waals surface area contributed by atoms with Gasteiger partial charge in [-0.2, -0.15) is 0 Å². The van der Waals surface area contributed by atoms with E-state index in [1.807, 2.05) is 19.9 Å². The number of aliphatic hydroxyl groups excluding tert-OH is 1. The number of aliphatic hydroxyl groups is 1. The van der Waals surface area contributed by atoms with E-state index in [1.54, 1.807) is 36.7 Å². The number of carbonyl (C=O) groups excluding carboxylic acids is 2. The lowest BCUT2D eigenvalue weighted by molar-refractivity contribution is -0.139. The highest BCUT2D eigenvalue weighted by Crippen LogP contribution is 2.41. The van der Waals surface area contributed by atoms with Gasteiger partial charge in [0, 0.05) is 25.0 Å². The monoisotopic (exact) mass is 438 g/mol. The molecule has 0 spiro atoms. The third-order valence-electron chi connectivity index (χ3n) is 5.36. The van der Waals surface area contributed by atoms with Crippen molar-refractivity contribution in [3.05, 3.63) is 59.4 Å². The summed E-state index contributed by atoms with van der Waals surface area (Å²) in [6.45, 7) is 7.07. The van der Waals surface area contributed by atoms with Gasteiger partial charge in [-0.25, -0.2) is 0 Å². The van der Waals surface area contributed by atoms with Gasteiger partial charge in [0.1, 0.15) is 17.3 Å². The lowest BCUT2D eigenvalue weighted by atomic mass is 9.96. The lowest BCUT2D eigenvalue weighted by Crippen LogP contribution is -2.30. The van der Waals surface area contributed by atoms with Crippen LogP contribution in [0.25, 0.3) is 5.76 Å². The van der Waals surface area contributed by atoms with Crippen molar-refractivity contribution in [3.8, 4) is 11.5 Å². The zero-order valence-corrected chi connectivity index (χ0v) is 18.8. The quantitative estimate of drug-likeness (QED) is 0.254. The third kappa shape index (κ3) is 4.77. The van der Waals surface area contributed by atoms with Crippen LogP contribution in [0.3, 0.4) is 0 Å². The Bertz CT molecular complexity index is 987. The van der Waals surface area contributed by atoms with Crippen LogP contribution in [0.2, 0.25) is 0 Å². The average molecular weight is 439 g/mol. The number of amides is 1. The van der Waals surface area contributed by atoms with Crippen LogP contribution in [0.15, 0.2) is 48.3 Å². The SMILES string of the molecule is CCCCCN1C(=O)C(=O)/C(=C(\O)c2ccc(OCC)cc2OCC)C1c1cccnc1. The summed E-state index contributed by atoms with van der Waals surface area (Å²) in [6, 6.07) is 7.89. The number of unbranched alkanes of at least 4 members (excludes halogenated alkanes) is 2. The Morgan fingerprint density at radius 3 is 2.53 bits per heavy atom. The number of pyridine rings is 1. The van der Waals surface area contributed by atoms with Gasteiger partial charge in [-0.05, 0) is 44.0 Å². The van der Waals surface area contributed by atoms with E-state index >= 15 is 0 Å². The van der Waals surface area contributed by atoms with Gasteiger partial charge in [-0.1, -0.05) is 25.8 Å². The van der Waals surface area contributed by atoms with Crippen molar-refractivity contribution < 1.29 is 24.2 Å². The van der Waals surface area contributed by atoms with Gasteiger partial charge in [-0.3, -0.25) is 14.6 Å². The van der Waals surface area contributed by atoms with Crippen LogP contribution in [0.1, 0.15) is 57.2 Å². The number of benzene rings is 1. The number of hydrogen-bond acceptors (Lipinski definition) is 6. The largest absolute Gasteiger partial charge is 0.507 e. The molecule has 7 heteroatoms. The van der Waals surface area contributed by atoms with Crippen molar-refractivity contribution in [1.29, 1.82) is 0 Å². The maximum Gasteiger partial charge on any atom is 0.295 e. The maximum atomic E-state index is 13.1. The van der Waals surface area contributed by atoms with E-state index in [1.165, 1.54) is 4.90 Å². The zero-order chi connectivity index (χ0) is 23.1. The molecule has 2 aromatic rings. The van der Waals surface area contributed by atoms with Crippen molar-refractivity contribution in [1.82, 2.24) is 9.88 Å². The lowest BCUT2D eigenvalue weighted by Gasteiger charge is -2.25. The van der Waals surface area contributed by atoms with Crippen LogP contribution >= 0.6 is 0 Å². The number of Topliss-reactive ketones (excluding diaryl/α,β-unsaturated/α-hetero) is 1. The highest BCUT2D eigenvalue weighted by atomic mass is 16.5. The first kappa shape index (κ1) is 23.3. The fourth-order valence-electron chi connectivity index (χ4n) is 3.90. The Balaban J connectivity index is 2.13. The molecule has 0 radical (unpaired) electrons. The fourth-order valence-corrected chi connectivity index (χ4v) is 3.90. The Morgan fingerprint density at radius 2 is 1.88 bits per heavy atom. The Labute approximate surface area is 188 Å². The van der Waals surface area contributed by atoms with E-state index in [-0.39, 0.29) is 11.3 Å². The summed E-state index contributed by atoms with van der Waals surface area (Å²) >= 11 is 0. The molecule has 1 fully saturated rings. The predicted molar refractivity (Wildman–Crippen MR) is 122 cm³/mol. The Morgan fingerprint density at radius 1 is 1.09 bits per heavy atom. The molecule has 32 heavy (non-hydrogen) atoms. The first-order valence-electron chi connectivity index (χ1n) is 11.1. The first-order chi connectivity index (χ1) is 15.5. The normalized spacial score (nSPS) is 17.6. The van der Waals surface area contributed by atoms with E-state index in [9.17, 15) is 14.7 Å². The minimum Gasteiger partial charge on any atom is -0.507 e. The molecule has 0 bridgehead atoms. The Kier molecular flexibility index (Phi) is 7.87. The molecule has 0 saturated carbocycles. The Hall–Kier alpha value is -3.35. The van der Waals surface area contributed by atoms with Gasteiger partial charge in [0.15, 0.2) is 0 Å². The van der Waals surface area contributed by atoms with Gasteiger partial charge in [0.05, 0.1) is 30.4 Å². The zero-order valence-electron chi connectivity index (χ0n) is 18.8. The van der Waals surface area contributed by atoms with Crippen LogP contribution in [0, 0.1) is 0 Å². The van der Waals surface area contributed by atoms with E-state index in [0.717, 1.165) is 19.3 Å². The second-order valence-electron chi connectivity index (χ2n) is 7.51. The third-order valence-corrected chi connectivity index (χ3v) is 5.36. The number of aromatic nitrogens is 1. The second-order valence-corrected chi connectivity index (χ2v) is 7.51. The molecule has 1 unspecified atom stereocenters. The van der Waals surface area contributed by atoms with Crippen molar-refractivity contribution in [3.63, 3.8) is 0 Å². The molecule has 1 aliphatic rings. The fraction of sp³-hybridized carbons (Fsp3) is 0.400. The molecule has 1 saturated heterocycles. The number of hydrogen-bond donors (Lipinski definition) is 1.